The third-order valence-corrected chi connectivity index (χ3v) is 5.33. The summed E-state index contributed by atoms with van der Waals surface area (Å²) in [4.78, 5) is 15.0. The minimum Gasteiger partial charge on any atom is -0.360 e. The zero-order chi connectivity index (χ0) is 20.4. The molecular formula is C22H24FN3O3. The van der Waals surface area contributed by atoms with Crippen LogP contribution in [0.4, 0.5) is 4.39 Å². The number of hydrogen-bond acceptors (Lipinski definition) is 5. The van der Waals surface area contributed by atoms with Gasteiger partial charge in [-0.15, -0.1) is 0 Å². The summed E-state index contributed by atoms with van der Waals surface area (Å²) in [5, 5.41) is 8.13. The van der Waals surface area contributed by atoms with E-state index in [1.807, 2.05) is 24.8 Å². The van der Waals surface area contributed by atoms with Crippen LogP contribution in [0.2, 0.25) is 0 Å². The van der Waals surface area contributed by atoms with Gasteiger partial charge in [-0.25, -0.2) is 4.39 Å². The summed E-state index contributed by atoms with van der Waals surface area (Å²) in [7, 11) is 0. The number of aromatic nitrogens is 2. The number of hydrogen-bond donors (Lipinski definition) is 0. The van der Waals surface area contributed by atoms with Crippen LogP contribution in [0.25, 0.3) is 11.3 Å². The standard InChI is InChI=1S/C22H24FN3O3/c1-14(2)20-13-18(25-28-20)22(27)26-11-5-3-4-6-19(26)21-12-17(24-29-21)15-7-9-16(23)10-8-15/h7-10,12-14,19H,3-6,11H2,1-2H3. The van der Waals surface area contributed by atoms with Crippen molar-refractivity contribution in [2.45, 2.75) is 51.5 Å². The zero-order valence-corrected chi connectivity index (χ0v) is 16.6. The van der Waals surface area contributed by atoms with Gasteiger partial charge in [-0.05, 0) is 37.1 Å². The van der Waals surface area contributed by atoms with Crippen molar-refractivity contribution in [3.8, 4) is 11.3 Å². The molecule has 7 heteroatoms. The maximum Gasteiger partial charge on any atom is 0.276 e. The molecule has 0 spiro atoms. The number of benzene rings is 1. The second-order valence-corrected chi connectivity index (χ2v) is 7.75. The van der Waals surface area contributed by atoms with Crippen LogP contribution in [0.3, 0.4) is 0 Å². The lowest BCUT2D eigenvalue weighted by Gasteiger charge is -2.27. The molecule has 0 radical (unpaired) electrons. The molecule has 1 aromatic carbocycles. The summed E-state index contributed by atoms with van der Waals surface area (Å²) in [5.74, 6) is 1.03. The Morgan fingerprint density at radius 2 is 1.90 bits per heavy atom. The van der Waals surface area contributed by atoms with Crippen molar-refractivity contribution in [2.75, 3.05) is 6.54 Å². The molecule has 0 N–H and O–H groups in total. The van der Waals surface area contributed by atoms with Gasteiger partial charge < -0.3 is 13.9 Å². The van der Waals surface area contributed by atoms with Gasteiger partial charge in [0, 0.05) is 30.2 Å². The molecule has 1 fully saturated rings. The van der Waals surface area contributed by atoms with Crippen LogP contribution in [0.15, 0.2) is 45.4 Å². The Morgan fingerprint density at radius 1 is 1.10 bits per heavy atom. The molecule has 0 aliphatic carbocycles. The first-order valence-corrected chi connectivity index (χ1v) is 10.0. The Balaban J connectivity index is 1.61. The van der Waals surface area contributed by atoms with E-state index >= 15 is 0 Å². The average molecular weight is 397 g/mol. The van der Waals surface area contributed by atoms with Crippen molar-refractivity contribution in [2.24, 2.45) is 0 Å². The molecule has 0 saturated carbocycles. The Kier molecular flexibility index (Phi) is 5.47. The predicted molar refractivity (Wildman–Crippen MR) is 105 cm³/mol. The van der Waals surface area contributed by atoms with Gasteiger partial charge >= 0.3 is 0 Å². The summed E-state index contributed by atoms with van der Waals surface area (Å²) in [6, 6.07) is 9.45. The summed E-state index contributed by atoms with van der Waals surface area (Å²) in [5.41, 5.74) is 1.71. The normalized spacial score (nSPS) is 17.5. The van der Waals surface area contributed by atoms with Crippen LogP contribution < -0.4 is 0 Å². The minimum absolute atomic E-state index is 0.160. The number of carbonyl (C=O) groups excluding carboxylic acids is 1. The van der Waals surface area contributed by atoms with E-state index in [0.717, 1.165) is 31.2 Å². The van der Waals surface area contributed by atoms with Gasteiger partial charge in [-0.2, -0.15) is 0 Å². The molecule has 152 valence electrons. The molecule has 1 saturated heterocycles. The highest BCUT2D eigenvalue weighted by molar-refractivity contribution is 5.92. The molecule has 4 rings (SSSR count). The van der Waals surface area contributed by atoms with Gasteiger partial charge in [0.25, 0.3) is 5.91 Å². The molecule has 2 aromatic heterocycles. The van der Waals surface area contributed by atoms with Gasteiger partial charge in [-0.3, -0.25) is 4.79 Å². The van der Waals surface area contributed by atoms with Crippen LogP contribution in [0.5, 0.6) is 0 Å². The third kappa shape index (κ3) is 4.09. The fourth-order valence-electron chi connectivity index (χ4n) is 3.66. The van der Waals surface area contributed by atoms with E-state index in [1.54, 1.807) is 18.2 Å². The minimum atomic E-state index is -0.300. The molecule has 1 aliphatic heterocycles. The van der Waals surface area contributed by atoms with Crippen molar-refractivity contribution in [3.63, 3.8) is 0 Å². The molecule has 6 nitrogen and oxygen atoms in total. The first kappa shape index (κ1) is 19.4. The molecule has 1 amide bonds. The fraction of sp³-hybridized carbons (Fsp3) is 0.409. The monoisotopic (exact) mass is 397 g/mol. The predicted octanol–water partition coefficient (Wildman–Crippen LogP) is 5.35. The van der Waals surface area contributed by atoms with E-state index in [9.17, 15) is 9.18 Å². The van der Waals surface area contributed by atoms with Crippen LogP contribution in [-0.2, 0) is 0 Å². The Morgan fingerprint density at radius 3 is 2.62 bits per heavy atom. The molecule has 29 heavy (non-hydrogen) atoms. The van der Waals surface area contributed by atoms with Crippen LogP contribution in [-0.4, -0.2) is 27.7 Å². The van der Waals surface area contributed by atoms with Crippen LogP contribution >= 0.6 is 0 Å². The van der Waals surface area contributed by atoms with E-state index in [-0.39, 0.29) is 23.7 Å². The summed E-state index contributed by atoms with van der Waals surface area (Å²) in [6.07, 6.45) is 3.77. The van der Waals surface area contributed by atoms with Gasteiger partial charge in [0.1, 0.15) is 17.3 Å². The quantitative estimate of drug-likeness (QED) is 0.593. The summed E-state index contributed by atoms with van der Waals surface area (Å²) >= 11 is 0. The average Bonchev–Trinajstić information content (AvgIpc) is 3.33. The molecular weight excluding hydrogens is 373 g/mol. The molecule has 1 atom stereocenters. The molecule has 3 aromatic rings. The topological polar surface area (TPSA) is 72.4 Å². The second-order valence-electron chi connectivity index (χ2n) is 7.75. The first-order chi connectivity index (χ1) is 14.0. The van der Waals surface area contributed by atoms with Crippen molar-refractivity contribution in [3.05, 3.63) is 59.4 Å². The maximum absolute atomic E-state index is 13.2. The van der Waals surface area contributed by atoms with Crippen molar-refractivity contribution < 1.29 is 18.2 Å². The Bertz CT molecular complexity index is 977. The molecule has 1 unspecified atom stereocenters. The highest BCUT2D eigenvalue weighted by atomic mass is 19.1. The molecule has 0 bridgehead atoms. The number of carbonyl (C=O) groups is 1. The van der Waals surface area contributed by atoms with Gasteiger partial charge in [-0.1, -0.05) is 37.0 Å². The number of nitrogens with zero attached hydrogens (tertiary/aromatic N) is 3. The lowest BCUT2D eigenvalue weighted by atomic mass is 10.0. The maximum atomic E-state index is 13.2. The first-order valence-electron chi connectivity index (χ1n) is 10.0. The van der Waals surface area contributed by atoms with Gasteiger partial charge in [0.15, 0.2) is 11.5 Å². The number of amides is 1. The number of halogens is 1. The van der Waals surface area contributed by atoms with E-state index in [2.05, 4.69) is 10.3 Å². The SMILES string of the molecule is CC(C)c1cc(C(=O)N2CCCCCC2c2cc(-c3ccc(F)cc3)no2)no1. The van der Waals surface area contributed by atoms with E-state index in [4.69, 9.17) is 9.05 Å². The van der Waals surface area contributed by atoms with Gasteiger partial charge in [0.2, 0.25) is 0 Å². The lowest BCUT2D eigenvalue weighted by molar-refractivity contribution is 0.0640. The highest BCUT2D eigenvalue weighted by Gasteiger charge is 2.32. The Labute approximate surface area is 168 Å². The van der Waals surface area contributed by atoms with Gasteiger partial charge in [0.05, 0.1) is 6.04 Å². The largest absolute Gasteiger partial charge is 0.360 e. The van der Waals surface area contributed by atoms with Crippen LogP contribution in [0.1, 0.15) is 73.5 Å². The van der Waals surface area contributed by atoms with E-state index < -0.39 is 0 Å². The van der Waals surface area contributed by atoms with E-state index in [0.29, 0.717) is 29.5 Å². The smallest absolute Gasteiger partial charge is 0.276 e. The fourth-order valence-corrected chi connectivity index (χ4v) is 3.66. The van der Waals surface area contributed by atoms with Crippen molar-refractivity contribution in [1.82, 2.24) is 15.2 Å². The Hall–Kier alpha value is -2.96. The van der Waals surface area contributed by atoms with Crippen LogP contribution in [0, 0.1) is 5.82 Å². The number of rotatable bonds is 4. The zero-order valence-electron chi connectivity index (χ0n) is 16.6. The second kappa shape index (κ2) is 8.19. The molecule has 1 aliphatic rings. The molecule has 3 heterocycles. The van der Waals surface area contributed by atoms with Crippen molar-refractivity contribution in [1.29, 1.82) is 0 Å². The van der Waals surface area contributed by atoms with Crippen molar-refractivity contribution >= 4 is 5.91 Å². The highest BCUT2D eigenvalue weighted by Crippen LogP contribution is 2.33. The number of likely N-dealkylation sites (tertiary alicyclic amines) is 1. The summed E-state index contributed by atoms with van der Waals surface area (Å²) < 4.78 is 24.1. The van der Waals surface area contributed by atoms with E-state index in [1.165, 1.54) is 12.1 Å². The third-order valence-electron chi connectivity index (χ3n) is 5.33. The summed E-state index contributed by atoms with van der Waals surface area (Å²) in [6.45, 7) is 4.62. The lowest BCUT2D eigenvalue weighted by Crippen LogP contribution is -2.34.